The van der Waals surface area contributed by atoms with Gasteiger partial charge < -0.3 is 4.55 Å². The zero-order valence-corrected chi connectivity index (χ0v) is 12.4. The van der Waals surface area contributed by atoms with Gasteiger partial charge in [-0.2, -0.15) is 0 Å². The van der Waals surface area contributed by atoms with Crippen LogP contribution in [-0.2, 0) is 11.4 Å². The average Bonchev–Trinajstić information content (AvgIpc) is 2.20. The molecule has 4 heteroatoms. The topological polar surface area (TPSA) is 35.4 Å². The quantitative estimate of drug-likeness (QED) is 0.593. The van der Waals surface area contributed by atoms with Gasteiger partial charge in [-0.05, 0) is 46.2 Å². The highest BCUT2D eigenvalue weighted by atomic mass is 35.5. The van der Waals surface area contributed by atoms with E-state index in [9.17, 15) is 4.55 Å². The molecule has 17 heavy (non-hydrogen) atoms. The number of hydrogen-bond acceptors (Lipinski definition) is 2. The van der Waals surface area contributed by atoms with Crippen LogP contribution in [0.4, 0.5) is 0 Å². The maximum absolute atomic E-state index is 11.9. The summed E-state index contributed by atoms with van der Waals surface area (Å²) in [6.45, 7) is 9.53. The van der Waals surface area contributed by atoms with Gasteiger partial charge in [-0.25, -0.2) is 0 Å². The molecule has 0 bridgehead atoms. The predicted molar refractivity (Wildman–Crippen MR) is 76.3 cm³/mol. The van der Waals surface area contributed by atoms with Gasteiger partial charge in [0, 0.05) is 10.6 Å². The first kappa shape index (κ1) is 14.6. The predicted octanol–water partition coefficient (Wildman–Crippen LogP) is 3.92. The van der Waals surface area contributed by atoms with E-state index in [2.05, 4.69) is 4.40 Å². The number of benzene rings is 1. The molecule has 0 aliphatic rings. The minimum absolute atomic E-state index is 0.340. The first-order valence-corrected chi connectivity index (χ1v) is 6.94. The summed E-state index contributed by atoms with van der Waals surface area (Å²) in [5.41, 5.74) is 2.69. The van der Waals surface area contributed by atoms with Gasteiger partial charge >= 0.3 is 0 Å². The Morgan fingerprint density at radius 2 is 1.94 bits per heavy atom. The molecule has 0 saturated carbocycles. The van der Waals surface area contributed by atoms with Crippen molar-refractivity contribution in [1.82, 2.24) is 0 Å². The molecule has 0 aliphatic carbocycles. The lowest BCUT2D eigenvalue weighted by Crippen LogP contribution is -2.26. The Bertz CT molecular complexity index is 438. The summed E-state index contributed by atoms with van der Waals surface area (Å²) in [5.74, 6) is 0. The van der Waals surface area contributed by atoms with Crippen LogP contribution in [0.15, 0.2) is 22.6 Å². The summed E-state index contributed by atoms with van der Waals surface area (Å²) in [6, 6.07) is 5.66. The second kappa shape index (κ2) is 5.42. The van der Waals surface area contributed by atoms with Crippen molar-refractivity contribution in [3.63, 3.8) is 0 Å². The van der Waals surface area contributed by atoms with Crippen LogP contribution in [0, 0.1) is 6.92 Å². The highest BCUT2D eigenvalue weighted by molar-refractivity contribution is 7.91. The van der Waals surface area contributed by atoms with Crippen LogP contribution >= 0.6 is 11.6 Å². The van der Waals surface area contributed by atoms with Gasteiger partial charge in [-0.1, -0.05) is 28.1 Å². The zero-order chi connectivity index (χ0) is 13.2. The number of halogens is 1. The third-order valence-electron chi connectivity index (χ3n) is 2.40. The molecule has 0 radical (unpaired) electrons. The van der Waals surface area contributed by atoms with Gasteiger partial charge in [0.25, 0.3) is 0 Å². The van der Waals surface area contributed by atoms with Crippen molar-refractivity contribution in [2.45, 2.75) is 39.4 Å². The Morgan fingerprint density at radius 3 is 2.47 bits per heavy atom. The van der Waals surface area contributed by atoms with Crippen LogP contribution in [0.1, 0.15) is 38.8 Å². The lowest BCUT2D eigenvalue weighted by Gasteiger charge is -2.19. The Balaban J connectivity index is 3.09. The van der Waals surface area contributed by atoms with Crippen molar-refractivity contribution >= 4 is 28.7 Å². The van der Waals surface area contributed by atoms with Gasteiger partial charge in [0.05, 0.1) is 5.71 Å². The van der Waals surface area contributed by atoms with E-state index in [1.54, 1.807) is 0 Å². The molecule has 2 nitrogen and oxygen atoms in total. The smallest absolute Gasteiger partial charge is 0.144 e. The highest BCUT2D eigenvalue weighted by Crippen LogP contribution is 2.22. The van der Waals surface area contributed by atoms with Gasteiger partial charge in [0.2, 0.25) is 0 Å². The molecular weight excluding hydrogens is 254 g/mol. The van der Waals surface area contributed by atoms with Crippen LogP contribution in [0.25, 0.3) is 0 Å². The normalized spacial score (nSPS) is 14.9. The standard InChI is InChI=1S/C13H18ClNOS/c1-9-11(7-6-8-12(9)14)10(2)15-17(16)13(3,4)5/h6-8H,1-5H3. The van der Waals surface area contributed by atoms with Crippen LogP contribution in [0.5, 0.6) is 0 Å². The molecule has 0 heterocycles. The summed E-state index contributed by atoms with van der Waals surface area (Å²) in [6.07, 6.45) is 0. The van der Waals surface area contributed by atoms with Gasteiger partial charge in [0.1, 0.15) is 16.1 Å². The molecule has 1 rings (SSSR count). The minimum Gasteiger partial charge on any atom is -0.591 e. The van der Waals surface area contributed by atoms with Crippen molar-refractivity contribution in [2.75, 3.05) is 0 Å². The lowest BCUT2D eigenvalue weighted by atomic mass is 10.1. The van der Waals surface area contributed by atoms with Gasteiger partial charge in [0.15, 0.2) is 0 Å². The highest BCUT2D eigenvalue weighted by Gasteiger charge is 2.27. The molecule has 0 fully saturated rings. The second-order valence-corrected chi connectivity index (χ2v) is 7.26. The van der Waals surface area contributed by atoms with Crippen molar-refractivity contribution < 1.29 is 4.55 Å². The molecule has 1 aromatic carbocycles. The molecule has 1 atom stereocenters. The van der Waals surface area contributed by atoms with Gasteiger partial charge in [-0.15, -0.1) is 0 Å². The Hall–Kier alpha value is -0.510. The van der Waals surface area contributed by atoms with Crippen LogP contribution in [0.3, 0.4) is 0 Å². The van der Waals surface area contributed by atoms with E-state index >= 15 is 0 Å². The third kappa shape index (κ3) is 3.73. The van der Waals surface area contributed by atoms with Crippen molar-refractivity contribution in [3.8, 4) is 0 Å². The summed E-state index contributed by atoms with van der Waals surface area (Å²) in [5, 5.41) is 0.707. The number of hydrogen-bond donors (Lipinski definition) is 0. The first-order chi connectivity index (χ1) is 7.73. The molecular formula is C13H18ClNOS. The van der Waals surface area contributed by atoms with Crippen LogP contribution < -0.4 is 0 Å². The molecule has 1 aromatic rings. The van der Waals surface area contributed by atoms with Gasteiger partial charge in [-0.3, -0.25) is 0 Å². The fourth-order valence-electron chi connectivity index (χ4n) is 1.31. The monoisotopic (exact) mass is 271 g/mol. The SMILES string of the molecule is CC(=N[S+]([O-])C(C)(C)C)c1cccc(Cl)c1C. The third-order valence-corrected chi connectivity index (χ3v) is 4.30. The molecule has 0 spiro atoms. The molecule has 0 aromatic heterocycles. The number of rotatable bonds is 2. The average molecular weight is 272 g/mol. The van der Waals surface area contributed by atoms with E-state index in [1.165, 1.54) is 0 Å². The fourth-order valence-corrected chi connectivity index (χ4v) is 2.11. The molecule has 0 aliphatic heterocycles. The summed E-state index contributed by atoms with van der Waals surface area (Å²) in [4.78, 5) is 0. The van der Waals surface area contributed by atoms with Crippen LogP contribution in [0.2, 0.25) is 5.02 Å². The largest absolute Gasteiger partial charge is 0.591 e. The Labute approximate surface area is 111 Å². The second-order valence-electron chi connectivity index (χ2n) is 4.95. The van der Waals surface area contributed by atoms with E-state index in [4.69, 9.17) is 11.6 Å². The maximum atomic E-state index is 11.9. The van der Waals surface area contributed by atoms with Crippen molar-refractivity contribution in [3.05, 3.63) is 34.3 Å². The minimum atomic E-state index is -1.24. The van der Waals surface area contributed by atoms with Crippen molar-refractivity contribution in [1.29, 1.82) is 0 Å². The van der Waals surface area contributed by atoms with Crippen LogP contribution in [-0.4, -0.2) is 15.0 Å². The van der Waals surface area contributed by atoms with E-state index in [-0.39, 0.29) is 4.75 Å². The van der Waals surface area contributed by atoms with E-state index in [0.29, 0.717) is 5.02 Å². The maximum Gasteiger partial charge on any atom is 0.144 e. The van der Waals surface area contributed by atoms with E-state index in [1.807, 2.05) is 52.8 Å². The summed E-state index contributed by atoms with van der Waals surface area (Å²) >= 11 is 4.82. The molecule has 94 valence electrons. The Morgan fingerprint density at radius 1 is 1.35 bits per heavy atom. The lowest BCUT2D eigenvalue weighted by molar-refractivity contribution is 0.561. The van der Waals surface area contributed by atoms with E-state index in [0.717, 1.165) is 16.8 Å². The first-order valence-electron chi connectivity index (χ1n) is 5.46. The molecule has 0 saturated heterocycles. The van der Waals surface area contributed by atoms with E-state index < -0.39 is 11.4 Å². The molecule has 0 amide bonds. The molecule has 0 N–H and O–H groups in total. The van der Waals surface area contributed by atoms with Crippen molar-refractivity contribution in [2.24, 2.45) is 4.40 Å². The molecule has 1 unspecified atom stereocenters. The zero-order valence-electron chi connectivity index (χ0n) is 10.9. The number of nitrogens with zero attached hydrogens (tertiary/aromatic N) is 1. The summed E-state index contributed by atoms with van der Waals surface area (Å²) < 4.78 is 15.8. The summed E-state index contributed by atoms with van der Waals surface area (Å²) in [7, 11) is 0. The fraction of sp³-hybridized carbons (Fsp3) is 0.462. The Kier molecular flexibility index (Phi) is 4.64.